The Labute approximate surface area is 175 Å². The standard InChI is InChI=1S/C22H28ClN3O3/c1-12(21-19-16(25(2)24-21)4-5-17(29-3)20(19)23)6-18(27)26-14-7-13-8-15(26)11-22(28,9-13)10-14/h4-5,12-15,28H,6-11H2,1-3H3. The van der Waals surface area contributed by atoms with Gasteiger partial charge in [-0.05, 0) is 50.2 Å². The number of carbonyl (C=O) groups excluding carboxylic acids is 1. The van der Waals surface area contributed by atoms with Crippen molar-refractivity contribution in [3.05, 3.63) is 22.8 Å². The third-order valence-corrected chi connectivity index (χ3v) is 7.68. The smallest absolute Gasteiger partial charge is 0.223 e. The van der Waals surface area contributed by atoms with Crippen LogP contribution in [0, 0.1) is 5.92 Å². The largest absolute Gasteiger partial charge is 0.495 e. The number of ether oxygens (including phenoxy) is 1. The summed E-state index contributed by atoms with van der Waals surface area (Å²) in [4.78, 5) is 15.4. The van der Waals surface area contributed by atoms with Gasteiger partial charge in [-0.25, -0.2) is 0 Å². The summed E-state index contributed by atoms with van der Waals surface area (Å²) in [5.41, 5.74) is 1.23. The molecule has 0 radical (unpaired) electrons. The number of carbonyl (C=O) groups is 1. The number of aryl methyl sites for hydroxylation is 1. The van der Waals surface area contributed by atoms with Crippen LogP contribution in [0.2, 0.25) is 5.02 Å². The highest BCUT2D eigenvalue weighted by molar-refractivity contribution is 6.37. The van der Waals surface area contributed by atoms with E-state index < -0.39 is 5.60 Å². The SMILES string of the molecule is COc1ccc2c(c(C(C)CC(=O)N3C4CC5CC3CC(O)(C5)C4)nn2C)c1Cl. The van der Waals surface area contributed by atoms with Crippen LogP contribution in [0.5, 0.6) is 5.75 Å². The Kier molecular flexibility index (Phi) is 4.37. The Bertz CT molecular complexity index is 971. The lowest BCUT2D eigenvalue weighted by Crippen LogP contribution is -2.65. The number of amides is 1. The highest BCUT2D eigenvalue weighted by atomic mass is 35.5. The summed E-state index contributed by atoms with van der Waals surface area (Å²) in [7, 11) is 3.49. The number of methoxy groups -OCH3 is 1. The Morgan fingerprint density at radius 3 is 2.66 bits per heavy atom. The van der Waals surface area contributed by atoms with E-state index in [1.165, 1.54) is 0 Å². The fourth-order valence-electron chi connectivity index (χ4n) is 6.29. The van der Waals surface area contributed by atoms with Crippen molar-refractivity contribution in [1.29, 1.82) is 0 Å². The minimum Gasteiger partial charge on any atom is -0.495 e. The van der Waals surface area contributed by atoms with Crippen molar-refractivity contribution in [3.63, 3.8) is 0 Å². The average molecular weight is 418 g/mol. The molecule has 1 aromatic heterocycles. The number of rotatable bonds is 4. The minimum absolute atomic E-state index is 0.0592. The van der Waals surface area contributed by atoms with E-state index in [1.807, 2.05) is 30.8 Å². The van der Waals surface area contributed by atoms with Crippen LogP contribution in [-0.4, -0.2) is 50.5 Å². The van der Waals surface area contributed by atoms with Crippen molar-refractivity contribution in [1.82, 2.24) is 14.7 Å². The maximum atomic E-state index is 13.3. The maximum Gasteiger partial charge on any atom is 0.223 e. The molecule has 1 aromatic carbocycles. The van der Waals surface area contributed by atoms with Gasteiger partial charge in [0.25, 0.3) is 0 Å². The summed E-state index contributed by atoms with van der Waals surface area (Å²) in [6.45, 7) is 2.04. The van der Waals surface area contributed by atoms with Gasteiger partial charge in [-0.1, -0.05) is 18.5 Å². The van der Waals surface area contributed by atoms with Gasteiger partial charge >= 0.3 is 0 Å². The summed E-state index contributed by atoms with van der Waals surface area (Å²) in [5, 5.41) is 16.9. The second-order valence-electron chi connectivity index (χ2n) is 9.37. The lowest BCUT2D eigenvalue weighted by atomic mass is 9.61. The van der Waals surface area contributed by atoms with E-state index in [9.17, 15) is 9.90 Å². The second-order valence-corrected chi connectivity index (χ2v) is 9.75. The quantitative estimate of drug-likeness (QED) is 0.824. The molecule has 2 saturated carbocycles. The zero-order chi connectivity index (χ0) is 20.5. The van der Waals surface area contributed by atoms with Crippen LogP contribution in [0.4, 0.5) is 0 Å². The molecule has 156 valence electrons. The van der Waals surface area contributed by atoms with Gasteiger partial charge in [-0.15, -0.1) is 0 Å². The minimum atomic E-state index is -0.542. The average Bonchev–Trinajstić information content (AvgIpc) is 2.98. The highest BCUT2D eigenvalue weighted by Gasteiger charge is 2.55. The van der Waals surface area contributed by atoms with Crippen molar-refractivity contribution < 1.29 is 14.6 Å². The van der Waals surface area contributed by atoms with Crippen LogP contribution in [0.25, 0.3) is 10.9 Å². The molecule has 2 aliphatic heterocycles. The summed E-state index contributed by atoms with van der Waals surface area (Å²) >= 11 is 6.60. The Balaban J connectivity index is 1.41. The monoisotopic (exact) mass is 417 g/mol. The van der Waals surface area contributed by atoms with Crippen molar-refractivity contribution in [2.45, 2.75) is 69.1 Å². The van der Waals surface area contributed by atoms with E-state index in [-0.39, 0.29) is 23.9 Å². The first-order valence-corrected chi connectivity index (χ1v) is 10.9. The molecular formula is C22H28ClN3O3. The summed E-state index contributed by atoms with van der Waals surface area (Å²) in [6.07, 6.45) is 4.85. The molecule has 4 fully saturated rings. The van der Waals surface area contributed by atoms with Gasteiger partial charge in [0.1, 0.15) is 5.75 Å². The molecule has 3 atom stereocenters. The highest BCUT2D eigenvalue weighted by Crippen LogP contribution is 2.51. The number of halogens is 1. The summed E-state index contributed by atoms with van der Waals surface area (Å²) in [5.74, 6) is 1.30. The van der Waals surface area contributed by atoms with Gasteiger partial charge in [0.2, 0.25) is 5.91 Å². The molecular weight excluding hydrogens is 390 g/mol. The predicted molar refractivity (Wildman–Crippen MR) is 111 cm³/mol. The number of hydrogen-bond donors (Lipinski definition) is 1. The summed E-state index contributed by atoms with van der Waals surface area (Å²) in [6, 6.07) is 4.18. The Morgan fingerprint density at radius 2 is 2.03 bits per heavy atom. The molecule has 3 heterocycles. The normalized spacial score (nSPS) is 31.5. The number of benzene rings is 1. The summed E-state index contributed by atoms with van der Waals surface area (Å²) < 4.78 is 7.19. The molecule has 4 aliphatic rings. The molecule has 2 saturated heterocycles. The van der Waals surface area contributed by atoms with Gasteiger partial charge in [-0.2, -0.15) is 5.10 Å². The second kappa shape index (κ2) is 6.61. The molecule has 2 aromatic rings. The van der Waals surface area contributed by atoms with Crippen LogP contribution in [0.1, 0.15) is 57.1 Å². The van der Waals surface area contributed by atoms with Crippen LogP contribution in [-0.2, 0) is 11.8 Å². The van der Waals surface area contributed by atoms with E-state index in [4.69, 9.17) is 21.4 Å². The Hall–Kier alpha value is -1.79. The van der Waals surface area contributed by atoms with Crippen molar-refractivity contribution in [2.75, 3.05) is 7.11 Å². The molecule has 29 heavy (non-hydrogen) atoms. The van der Waals surface area contributed by atoms with Crippen molar-refractivity contribution >= 4 is 28.4 Å². The van der Waals surface area contributed by atoms with E-state index in [0.717, 1.165) is 48.7 Å². The molecule has 3 unspecified atom stereocenters. The lowest BCUT2D eigenvalue weighted by molar-refractivity contribution is -0.174. The van der Waals surface area contributed by atoms with Gasteiger partial charge in [0, 0.05) is 36.9 Å². The number of hydrogen-bond acceptors (Lipinski definition) is 4. The molecule has 6 nitrogen and oxygen atoms in total. The van der Waals surface area contributed by atoms with E-state index >= 15 is 0 Å². The van der Waals surface area contributed by atoms with E-state index in [2.05, 4.69) is 4.90 Å². The van der Waals surface area contributed by atoms with Gasteiger partial charge in [0.15, 0.2) is 0 Å². The molecule has 1 amide bonds. The van der Waals surface area contributed by atoms with Gasteiger partial charge in [0.05, 0.1) is 28.9 Å². The zero-order valence-corrected chi connectivity index (χ0v) is 17.9. The predicted octanol–water partition coefficient (Wildman–Crippen LogP) is 3.63. The fourth-order valence-corrected chi connectivity index (χ4v) is 6.62. The van der Waals surface area contributed by atoms with Crippen LogP contribution >= 0.6 is 11.6 Å². The number of aromatic nitrogens is 2. The molecule has 4 bridgehead atoms. The van der Waals surface area contributed by atoms with Crippen LogP contribution in [0.15, 0.2) is 12.1 Å². The number of fused-ring (bicyclic) bond motifs is 1. The third kappa shape index (κ3) is 2.95. The number of piperidine rings is 2. The van der Waals surface area contributed by atoms with Crippen LogP contribution < -0.4 is 4.74 Å². The maximum absolute atomic E-state index is 13.3. The van der Waals surface area contributed by atoms with Crippen molar-refractivity contribution in [3.8, 4) is 5.75 Å². The van der Waals surface area contributed by atoms with E-state index in [1.54, 1.807) is 7.11 Å². The van der Waals surface area contributed by atoms with E-state index in [0.29, 0.717) is 23.1 Å². The fraction of sp³-hybridized carbons (Fsp3) is 0.636. The van der Waals surface area contributed by atoms with Gasteiger partial charge in [-0.3, -0.25) is 9.48 Å². The molecule has 2 aliphatic carbocycles. The molecule has 1 N–H and O–H groups in total. The molecule has 0 spiro atoms. The van der Waals surface area contributed by atoms with Crippen LogP contribution in [0.3, 0.4) is 0 Å². The number of aliphatic hydroxyl groups is 1. The third-order valence-electron chi connectivity index (χ3n) is 7.30. The lowest BCUT2D eigenvalue weighted by Gasteiger charge is -2.59. The topological polar surface area (TPSA) is 67.6 Å². The molecule has 7 heteroatoms. The zero-order valence-electron chi connectivity index (χ0n) is 17.2. The Morgan fingerprint density at radius 1 is 1.34 bits per heavy atom. The van der Waals surface area contributed by atoms with Crippen molar-refractivity contribution in [2.24, 2.45) is 13.0 Å². The number of nitrogens with zero attached hydrogens (tertiary/aromatic N) is 3. The first-order chi connectivity index (χ1) is 13.8. The molecule has 6 rings (SSSR count). The van der Waals surface area contributed by atoms with Gasteiger partial charge < -0.3 is 14.7 Å². The first kappa shape index (κ1) is 19.2. The first-order valence-electron chi connectivity index (χ1n) is 10.5.